The van der Waals surface area contributed by atoms with E-state index < -0.39 is 28.6 Å². The maximum atomic E-state index is 14.1. The summed E-state index contributed by atoms with van der Waals surface area (Å²) < 4.78 is 45.0. The third kappa shape index (κ3) is 5.88. The molecular formula is C25H26Cl2N2O7S. The van der Waals surface area contributed by atoms with Gasteiger partial charge in [-0.25, -0.2) is 8.42 Å². The number of hydrogen-bond donors (Lipinski definition) is 2. The third-order valence-electron chi connectivity index (χ3n) is 5.56. The summed E-state index contributed by atoms with van der Waals surface area (Å²) in [5, 5.41) is 14.2. The first-order chi connectivity index (χ1) is 17.6. The zero-order chi connectivity index (χ0) is 27.3. The van der Waals surface area contributed by atoms with Crippen molar-refractivity contribution in [3.63, 3.8) is 0 Å². The zero-order valence-electron chi connectivity index (χ0n) is 20.5. The summed E-state index contributed by atoms with van der Waals surface area (Å²) in [5.41, 5.74) is 0.457. The summed E-state index contributed by atoms with van der Waals surface area (Å²) in [6.07, 6.45) is -1.36. The van der Waals surface area contributed by atoms with Crippen molar-refractivity contribution in [1.82, 2.24) is 5.32 Å². The van der Waals surface area contributed by atoms with Crippen LogP contribution in [0, 0.1) is 0 Å². The molecule has 0 aliphatic heterocycles. The molecule has 0 radical (unpaired) electrons. The fraction of sp³-hybridized carbons (Fsp3) is 0.240. The molecule has 3 rings (SSSR count). The first-order valence-corrected chi connectivity index (χ1v) is 13.0. The summed E-state index contributed by atoms with van der Waals surface area (Å²) in [5.74, 6) is -0.260. The number of sulfonamides is 1. The molecule has 0 heterocycles. The molecule has 9 nitrogen and oxygen atoms in total. The predicted molar refractivity (Wildman–Crippen MR) is 142 cm³/mol. The number of anilines is 1. The second-order valence-electron chi connectivity index (χ2n) is 7.67. The van der Waals surface area contributed by atoms with E-state index in [1.54, 1.807) is 24.3 Å². The van der Waals surface area contributed by atoms with Gasteiger partial charge in [0, 0.05) is 40.4 Å². The standard InChI is InChI=1S/C25H26Cl2N2O7S/c1-28-24(30)14-29(37(32,33)23-13-21(35-3)20(34-2)12-22(23)36-4)19-10-9-15(26)11-17(19)25(31)16-7-5-6-8-18(16)27/h5-13,25,31H,14H2,1-4H3,(H,28,30). The van der Waals surface area contributed by atoms with Crippen LogP contribution in [-0.2, 0) is 14.8 Å². The predicted octanol–water partition coefficient (Wildman–Crippen LogP) is 4.04. The molecule has 0 fully saturated rings. The van der Waals surface area contributed by atoms with E-state index in [-0.39, 0.29) is 43.4 Å². The molecular weight excluding hydrogens is 543 g/mol. The van der Waals surface area contributed by atoms with Crippen molar-refractivity contribution in [2.24, 2.45) is 0 Å². The van der Waals surface area contributed by atoms with E-state index in [0.717, 1.165) is 4.31 Å². The van der Waals surface area contributed by atoms with Gasteiger partial charge in [0.15, 0.2) is 11.5 Å². The smallest absolute Gasteiger partial charge is 0.268 e. The Bertz CT molecular complexity index is 1400. The number of methoxy groups -OCH3 is 3. The lowest BCUT2D eigenvalue weighted by atomic mass is 9.99. The van der Waals surface area contributed by atoms with Crippen LogP contribution in [0.1, 0.15) is 17.2 Å². The van der Waals surface area contributed by atoms with Crippen molar-refractivity contribution >= 4 is 44.8 Å². The monoisotopic (exact) mass is 568 g/mol. The van der Waals surface area contributed by atoms with Crippen molar-refractivity contribution in [2.75, 3.05) is 39.2 Å². The van der Waals surface area contributed by atoms with Gasteiger partial charge >= 0.3 is 0 Å². The Kier molecular flexibility index (Phi) is 9.14. The Labute approximate surface area is 225 Å². The Morgan fingerprint density at radius 1 is 0.946 bits per heavy atom. The number of carbonyl (C=O) groups is 1. The summed E-state index contributed by atoms with van der Waals surface area (Å²) in [4.78, 5) is 12.2. The Balaban J connectivity index is 2.29. The number of likely N-dealkylation sites (N-methyl/N-ethyl adjacent to an activating group) is 1. The largest absolute Gasteiger partial charge is 0.495 e. The van der Waals surface area contributed by atoms with Gasteiger partial charge in [0.1, 0.15) is 23.3 Å². The molecule has 0 saturated heterocycles. The summed E-state index contributed by atoms with van der Waals surface area (Å²) in [6, 6.07) is 13.5. The number of amides is 1. The van der Waals surface area contributed by atoms with E-state index in [0.29, 0.717) is 5.56 Å². The van der Waals surface area contributed by atoms with Crippen LogP contribution >= 0.6 is 23.2 Å². The molecule has 1 unspecified atom stereocenters. The fourth-order valence-electron chi connectivity index (χ4n) is 3.67. The lowest BCUT2D eigenvalue weighted by Gasteiger charge is -2.28. The van der Waals surface area contributed by atoms with Crippen LogP contribution in [0.15, 0.2) is 59.5 Å². The Morgan fingerprint density at radius 2 is 1.57 bits per heavy atom. The number of aliphatic hydroxyl groups excluding tert-OH is 1. The van der Waals surface area contributed by atoms with Crippen LogP contribution in [0.4, 0.5) is 5.69 Å². The molecule has 0 saturated carbocycles. The molecule has 0 spiro atoms. The maximum Gasteiger partial charge on any atom is 0.268 e. The molecule has 3 aromatic rings. The normalized spacial score (nSPS) is 12.0. The van der Waals surface area contributed by atoms with E-state index in [1.807, 2.05) is 0 Å². The molecule has 0 aliphatic carbocycles. The highest BCUT2D eigenvalue weighted by atomic mass is 35.5. The quantitative estimate of drug-likeness (QED) is 0.379. The number of carbonyl (C=O) groups excluding carboxylic acids is 1. The van der Waals surface area contributed by atoms with E-state index in [1.165, 1.54) is 58.7 Å². The average Bonchev–Trinajstić information content (AvgIpc) is 2.90. The number of nitrogens with one attached hydrogen (secondary N) is 1. The highest BCUT2D eigenvalue weighted by Gasteiger charge is 2.34. The van der Waals surface area contributed by atoms with E-state index in [9.17, 15) is 18.3 Å². The molecule has 0 bridgehead atoms. The Hall–Kier alpha value is -3.18. The van der Waals surface area contributed by atoms with Gasteiger partial charge in [0.05, 0.1) is 27.0 Å². The highest BCUT2D eigenvalue weighted by molar-refractivity contribution is 7.93. The number of ether oxygens (including phenoxy) is 3. The van der Waals surface area contributed by atoms with Gasteiger partial charge in [0.2, 0.25) is 5.91 Å². The van der Waals surface area contributed by atoms with Gasteiger partial charge in [-0.05, 0) is 24.3 Å². The summed E-state index contributed by atoms with van der Waals surface area (Å²) in [6.45, 7) is -0.611. The first kappa shape index (κ1) is 28.4. The topological polar surface area (TPSA) is 114 Å². The number of hydrogen-bond acceptors (Lipinski definition) is 7. The molecule has 3 aromatic carbocycles. The minimum Gasteiger partial charge on any atom is -0.495 e. The molecule has 37 heavy (non-hydrogen) atoms. The van der Waals surface area contributed by atoms with Crippen LogP contribution in [0.25, 0.3) is 0 Å². The first-order valence-electron chi connectivity index (χ1n) is 10.8. The average molecular weight is 569 g/mol. The van der Waals surface area contributed by atoms with E-state index in [2.05, 4.69) is 5.32 Å². The number of benzene rings is 3. The summed E-state index contributed by atoms with van der Waals surface area (Å²) in [7, 11) is 0.952. The lowest BCUT2D eigenvalue weighted by molar-refractivity contribution is -0.119. The number of rotatable bonds is 10. The van der Waals surface area contributed by atoms with Crippen LogP contribution < -0.4 is 23.8 Å². The van der Waals surface area contributed by atoms with Crippen molar-refractivity contribution < 1.29 is 32.5 Å². The van der Waals surface area contributed by atoms with Gasteiger partial charge in [0.25, 0.3) is 10.0 Å². The van der Waals surface area contributed by atoms with E-state index >= 15 is 0 Å². The van der Waals surface area contributed by atoms with Crippen LogP contribution in [-0.4, -0.2) is 54.4 Å². The molecule has 2 N–H and O–H groups in total. The van der Waals surface area contributed by atoms with Crippen molar-refractivity contribution in [3.8, 4) is 17.2 Å². The lowest BCUT2D eigenvalue weighted by Crippen LogP contribution is -2.40. The van der Waals surface area contributed by atoms with Crippen LogP contribution in [0.5, 0.6) is 17.2 Å². The van der Waals surface area contributed by atoms with Gasteiger partial charge < -0.3 is 24.6 Å². The molecule has 1 amide bonds. The molecule has 198 valence electrons. The minimum absolute atomic E-state index is 0.0113. The van der Waals surface area contributed by atoms with Gasteiger partial charge in [-0.1, -0.05) is 41.4 Å². The summed E-state index contributed by atoms with van der Waals surface area (Å²) >= 11 is 12.5. The van der Waals surface area contributed by atoms with Crippen molar-refractivity contribution in [3.05, 3.63) is 75.8 Å². The maximum absolute atomic E-state index is 14.1. The second kappa shape index (κ2) is 11.9. The zero-order valence-corrected chi connectivity index (χ0v) is 22.8. The third-order valence-corrected chi connectivity index (χ3v) is 7.92. The Morgan fingerprint density at radius 3 is 2.16 bits per heavy atom. The van der Waals surface area contributed by atoms with E-state index in [4.69, 9.17) is 37.4 Å². The van der Waals surface area contributed by atoms with Gasteiger partial charge in [-0.3, -0.25) is 9.10 Å². The van der Waals surface area contributed by atoms with Gasteiger partial charge in [-0.15, -0.1) is 0 Å². The molecule has 1 atom stereocenters. The van der Waals surface area contributed by atoms with Crippen molar-refractivity contribution in [2.45, 2.75) is 11.0 Å². The SMILES string of the molecule is CNC(=O)CN(c1ccc(Cl)cc1C(O)c1ccccc1Cl)S(=O)(=O)c1cc(OC)c(OC)cc1OC. The number of nitrogens with zero attached hydrogens (tertiary/aromatic N) is 1. The van der Waals surface area contributed by atoms with Gasteiger partial charge in [-0.2, -0.15) is 0 Å². The molecule has 0 aromatic heterocycles. The molecule has 12 heteroatoms. The van der Waals surface area contributed by atoms with Crippen LogP contribution in [0.3, 0.4) is 0 Å². The molecule has 0 aliphatic rings. The number of aliphatic hydroxyl groups is 1. The fourth-order valence-corrected chi connectivity index (χ4v) is 5.69. The highest BCUT2D eigenvalue weighted by Crippen LogP contribution is 2.42. The van der Waals surface area contributed by atoms with Crippen LogP contribution in [0.2, 0.25) is 10.0 Å². The van der Waals surface area contributed by atoms with Crippen molar-refractivity contribution in [1.29, 1.82) is 0 Å². The number of halogens is 2. The second-order valence-corrected chi connectivity index (χ2v) is 10.3. The minimum atomic E-state index is -4.50.